The van der Waals surface area contributed by atoms with Crippen LogP contribution in [0.2, 0.25) is 0 Å². The van der Waals surface area contributed by atoms with Crippen molar-refractivity contribution in [2.45, 2.75) is 71.5 Å². The maximum Gasteiger partial charge on any atom is 0.279 e. The highest BCUT2D eigenvalue weighted by atomic mass is 32.2. The summed E-state index contributed by atoms with van der Waals surface area (Å²) in [6, 6.07) is 3.92. The van der Waals surface area contributed by atoms with Gasteiger partial charge in [-0.05, 0) is 90.6 Å². The second-order valence-corrected chi connectivity index (χ2v) is 16.0. The van der Waals surface area contributed by atoms with Crippen molar-refractivity contribution >= 4 is 21.9 Å². The van der Waals surface area contributed by atoms with Crippen LogP contribution in [0.15, 0.2) is 30.7 Å². The SMILES string of the molecule is CC(C)N(C(=O)c1cc(F)ccc1Oc1cncnc1N1CC2(CCN(CC3CCN(S(=O)(=O)NC4CNC4)CC3)CC2)C1)C(C)C. The lowest BCUT2D eigenvalue weighted by atomic mass is 9.72. The molecule has 1 spiro atoms. The van der Waals surface area contributed by atoms with E-state index in [9.17, 15) is 17.6 Å². The maximum atomic E-state index is 14.4. The number of rotatable bonds is 11. The molecular formula is C33H49FN8O4S. The van der Waals surface area contributed by atoms with Gasteiger partial charge in [0, 0.05) is 69.4 Å². The van der Waals surface area contributed by atoms with E-state index in [2.05, 4.69) is 29.8 Å². The van der Waals surface area contributed by atoms with Crippen LogP contribution >= 0.6 is 0 Å². The van der Waals surface area contributed by atoms with Crippen LogP contribution in [-0.4, -0.2) is 115 Å². The number of hydrogen-bond donors (Lipinski definition) is 2. The van der Waals surface area contributed by atoms with E-state index in [4.69, 9.17) is 4.74 Å². The molecule has 1 aromatic heterocycles. The third kappa shape index (κ3) is 7.56. The van der Waals surface area contributed by atoms with Crippen molar-refractivity contribution < 1.29 is 22.3 Å². The molecule has 4 saturated heterocycles. The Morgan fingerprint density at radius 1 is 1.09 bits per heavy atom. The van der Waals surface area contributed by atoms with Gasteiger partial charge in [0.1, 0.15) is 17.9 Å². The van der Waals surface area contributed by atoms with Crippen molar-refractivity contribution in [3.8, 4) is 11.5 Å². The first-order valence-corrected chi connectivity index (χ1v) is 18.4. The zero-order chi connectivity index (χ0) is 33.3. The number of nitrogens with zero attached hydrogens (tertiary/aromatic N) is 6. The van der Waals surface area contributed by atoms with Gasteiger partial charge in [0.25, 0.3) is 16.1 Å². The van der Waals surface area contributed by atoms with Gasteiger partial charge in [-0.25, -0.2) is 14.4 Å². The Morgan fingerprint density at radius 2 is 1.77 bits per heavy atom. The van der Waals surface area contributed by atoms with Crippen molar-refractivity contribution in [2.24, 2.45) is 11.3 Å². The first kappa shape index (κ1) is 34.0. The molecule has 0 radical (unpaired) electrons. The molecule has 4 aliphatic heterocycles. The molecule has 6 rings (SSSR count). The minimum absolute atomic E-state index is 0.0122. The predicted molar refractivity (Wildman–Crippen MR) is 178 cm³/mol. The zero-order valence-electron chi connectivity index (χ0n) is 28.0. The molecule has 4 aliphatic rings. The summed E-state index contributed by atoms with van der Waals surface area (Å²) in [7, 11) is -3.40. The van der Waals surface area contributed by atoms with Crippen LogP contribution in [0.5, 0.6) is 11.5 Å². The molecule has 0 atom stereocenters. The standard InChI is InChI=1S/C33H49FN8O4S/c1-23(2)42(24(3)4)32(43)28-15-26(34)5-6-29(28)46-30-18-36-22-37-31(30)40-20-33(21-40)9-13-39(14-10-33)19-25-7-11-41(12-8-25)47(44,45)38-27-16-35-17-27/h5-6,15,18,22-25,27,35,38H,7-14,16-17,19-21H2,1-4H3. The van der Waals surface area contributed by atoms with Crippen LogP contribution in [-0.2, 0) is 10.2 Å². The Morgan fingerprint density at radius 3 is 2.38 bits per heavy atom. The van der Waals surface area contributed by atoms with E-state index in [1.54, 1.807) is 15.4 Å². The third-order valence-corrected chi connectivity index (χ3v) is 11.9. The van der Waals surface area contributed by atoms with E-state index in [-0.39, 0.29) is 40.8 Å². The Labute approximate surface area is 278 Å². The van der Waals surface area contributed by atoms with E-state index in [0.29, 0.717) is 43.7 Å². The summed E-state index contributed by atoms with van der Waals surface area (Å²) in [6.07, 6.45) is 7.08. The van der Waals surface area contributed by atoms with Gasteiger partial charge in [0.15, 0.2) is 11.6 Å². The van der Waals surface area contributed by atoms with Crippen molar-refractivity contribution in [3.63, 3.8) is 0 Å². The summed E-state index contributed by atoms with van der Waals surface area (Å²) < 4.78 is 50.4. The minimum Gasteiger partial charge on any atom is -0.451 e. The number of carbonyl (C=O) groups is 1. The Balaban J connectivity index is 1.02. The average Bonchev–Trinajstić information content (AvgIpc) is 2.99. The Bertz CT molecular complexity index is 1510. The number of benzene rings is 1. The highest BCUT2D eigenvalue weighted by Crippen LogP contribution is 2.45. The van der Waals surface area contributed by atoms with Gasteiger partial charge in [-0.1, -0.05) is 0 Å². The molecule has 258 valence electrons. The largest absolute Gasteiger partial charge is 0.451 e. The number of piperidine rings is 2. The number of hydrogen-bond acceptors (Lipinski definition) is 9. The van der Waals surface area contributed by atoms with Crippen molar-refractivity contribution in [1.29, 1.82) is 0 Å². The molecule has 4 fully saturated rings. The van der Waals surface area contributed by atoms with Gasteiger partial charge >= 0.3 is 0 Å². The highest BCUT2D eigenvalue weighted by molar-refractivity contribution is 7.87. The predicted octanol–water partition coefficient (Wildman–Crippen LogP) is 3.09. The summed E-state index contributed by atoms with van der Waals surface area (Å²) in [5.74, 6) is 1.11. The Kier molecular flexibility index (Phi) is 10.1. The summed E-state index contributed by atoms with van der Waals surface area (Å²) in [6.45, 7) is 15.1. The number of anilines is 1. The average molecular weight is 673 g/mol. The monoisotopic (exact) mass is 672 g/mol. The third-order valence-electron chi connectivity index (χ3n) is 10.2. The molecule has 47 heavy (non-hydrogen) atoms. The Hall–Kier alpha value is -2.91. The normalized spacial score (nSPS) is 21.2. The number of likely N-dealkylation sites (tertiary alicyclic amines) is 1. The van der Waals surface area contributed by atoms with E-state index < -0.39 is 16.0 Å². The quantitative estimate of drug-likeness (QED) is 0.371. The van der Waals surface area contributed by atoms with E-state index >= 15 is 0 Å². The number of nitrogens with one attached hydrogen (secondary N) is 2. The van der Waals surface area contributed by atoms with E-state index in [1.807, 2.05) is 27.7 Å². The molecular weight excluding hydrogens is 623 g/mol. The van der Waals surface area contributed by atoms with Gasteiger partial charge in [0.05, 0.1) is 11.8 Å². The van der Waals surface area contributed by atoms with Crippen molar-refractivity contribution in [3.05, 3.63) is 42.1 Å². The summed E-state index contributed by atoms with van der Waals surface area (Å²) in [5.41, 5.74) is 0.384. The van der Waals surface area contributed by atoms with E-state index in [1.165, 1.54) is 24.5 Å². The van der Waals surface area contributed by atoms with Gasteiger partial charge in [0.2, 0.25) is 0 Å². The van der Waals surface area contributed by atoms with E-state index in [0.717, 1.165) is 58.4 Å². The van der Waals surface area contributed by atoms with Crippen LogP contribution in [0.3, 0.4) is 0 Å². The molecule has 2 aromatic rings. The van der Waals surface area contributed by atoms with Gasteiger partial charge in [-0.2, -0.15) is 17.4 Å². The summed E-state index contributed by atoms with van der Waals surface area (Å²) >= 11 is 0. The zero-order valence-corrected chi connectivity index (χ0v) is 28.8. The minimum atomic E-state index is -3.40. The molecule has 0 unspecified atom stereocenters. The molecule has 5 heterocycles. The lowest BCUT2D eigenvalue weighted by Crippen LogP contribution is -2.61. The lowest BCUT2D eigenvalue weighted by Gasteiger charge is -2.54. The summed E-state index contributed by atoms with van der Waals surface area (Å²) in [5, 5.41) is 3.10. The van der Waals surface area contributed by atoms with Gasteiger partial charge in [-0.15, -0.1) is 0 Å². The van der Waals surface area contributed by atoms with Crippen LogP contribution < -0.4 is 19.7 Å². The highest BCUT2D eigenvalue weighted by Gasteiger charge is 2.46. The van der Waals surface area contributed by atoms with Crippen LogP contribution in [0.4, 0.5) is 10.2 Å². The van der Waals surface area contributed by atoms with Crippen LogP contribution in [0, 0.1) is 17.2 Å². The smallest absolute Gasteiger partial charge is 0.279 e. The molecule has 1 amide bonds. The lowest BCUT2D eigenvalue weighted by molar-refractivity contribution is 0.0609. The molecule has 1 aromatic carbocycles. The number of halogens is 1. The van der Waals surface area contributed by atoms with Crippen LogP contribution in [0.1, 0.15) is 63.7 Å². The molecule has 0 bridgehead atoms. The number of aromatic nitrogens is 2. The maximum absolute atomic E-state index is 14.4. The fourth-order valence-electron chi connectivity index (χ4n) is 7.49. The first-order chi connectivity index (χ1) is 22.4. The molecule has 14 heteroatoms. The van der Waals surface area contributed by atoms with Crippen LogP contribution in [0.25, 0.3) is 0 Å². The topological polar surface area (TPSA) is 123 Å². The second-order valence-electron chi connectivity index (χ2n) is 14.3. The number of ether oxygens (including phenoxy) is 1. The number of amides is 1. The van der Waals surface area contributed by atoms with Crippen molar-refractivity contribution in [2.75, 3.05) is 63.8 Å². The number of carbonyl (C=O) groups excluding carboxylic acids is 1. The van der Waals surface area contributed by atoms with Gasteiger partial charge < -0.3 is 24.8 Å². The molecule has 2 N–H and O–H groups in total. The second kappa shape index (κ2) is 13.9. The van der Waals surface area contributed by atoms with Gasteiger partial charge in [-0.3, -0.25) is 4.79 Å². The fourth-order valence-corrected chi connectivity index (χ4v) is 8.92. The fraction of sp³-hybridized carbons (Fsp3) is 0.667. The molecule has 0 aliphatic carbocycles. The molecule has 0 saturated carbocycles. The molecule has 12 nitrogen and oxygen atoms in total. The van der Waals surface area contributed by atoms with Crippen molar-refractivity contribution in [1.82, 2.24) is 34.1 Å². The summed E-state index contributed by atoms with van der Waals surface area (Å²) in [4.78, 5) is 28.7. The first-order valence-electron chi connectivity index (χ1n) is 17.0.